The fourth-order valence-corrected chi connectivity index (χ4v) is 3.82. The van der Waals surface area contributed by atoms with Crippen molar-refractivity contribution in [3.05, 3.63) is 10.6 Å². The van der Waals surface area contributed by atoms with Crippen LogP contribution in [0.25, 0.3) is 0 Å². The Morgan fingerprint density at radius 3 is 2.52 bits per heavy atom. The molecule has 0 bridgehead atoms. The average Bonchev–Trinajstić information content (AvgIpc) is 2.86. The first-order valence-corrected chi connectivity index (χ1v) is 8.34. The van der Waals surface area contributed by atoms with E-state index >= 15 is 0 Å². The minimum atomic E-state index is -0.971. The summed E-state index contributed by atoms with van der Waals surface area (Å²) in [5.74, 6) is -1.16. The number of hydrogen-bond donors (Lipinski definition) is 2. The summed E-state index contributed by atoms with van der Waals surface area (Å²) in [7, 11) is 0. The van der Waals surface area contributed by atoms with Crippen LogP contribution in [0.1, 0.15) is 56.5 Å². The Kier molecular flexibility index (Phi) is 4.98. The van der Waals surface area contributed by atoms with Crippen molar-refractivity contribution in [2.45, 2.75) is 58.8 Å². The van der Waals surface area contributed by atoms with Gasteiger partial charge < -0.3 is 10.4 Å². The molecule has 0 aromatic carbocycles. The molecule has 1 aliphatic rings. The second kappa shape index (κ2) is 6.56. The number of amides is 1. The first-order valence-electron chi connectivity index (χ1n) is 7.52. The third-order valence-electron chi connectivity index (χ3n) is 4.40. The lowest BCUT2D eigenvalue weighted by atomic mass is 9.79. The number of carbonyl (C=O) groups excluding carboxylic acids is 1. The molecular weight excluding hydrogens is 288 g/mol. The molecule has 1 heterocycles. The fourth-order valence-electron chi connectivity index (χ4n) is 2.75. The van der Waals surface area contributed by atoms with Crippen LogP contribution in [-0.4, -0.2) is 22.0 Å². The normalized spacial score (nSPS) is 14.6. The van der Waals surface area contributed by atoms with Crippen molar-refractivity contribution in [3.8, 4) is 0 Å². The standard InChI is InChI=1S/C15H22N2O3S/c1-3-15(4-2,13(19)20)9-12(18)17-14-16-10-7-5-6-8-11(10)21-14/h3-9H2,1-2H3,(H,19,20)(H,16,17,18). The number of fused-ring (bicyclic) bond motifs is 1. The number of rotatable bonds is 6. The number of nitrogens with zero attached hydrogens (tertiary/aromatic N) is 1. The molecule has 2 N–H and O–H groups in total. The fraction of sp³-hybridized carbons (Fsp3) is 0.667. The number of aryl methyl sites for hydroxylation is 2. The second-order valence-corrected chi connectivity index (χ2v) is 6.70. The van der Waals surface area contributed by atoms with Crippen LogP contribution in [0.3, 0.4) is 0 Å². The summed E-state index contributed by atoms with van der Waals surface area (Å²) >= 11 is 1.52. The van der Waals surface area contributed by atoms with Crippen molar-refractivity contribution in [1.82, 2.24) is 4.98 Å². The molecule has 6 heteroatoms. The van der Waals surface area contributed by atoms with Crippen molar-refractivity contribution in [1.29, 1.82) is 0 Å². The molecule has 0 radical (unpaired) electrons. The molecule has 0 fully saturated rings. The van der Waals surface area contributed by atoms with Gasteiger partial charge >= 0.3 is 5.97 Å². The molecule has 1 aromatic heterocycles. The quantitative estimate of drug-likeness (QED) is 0.845. The smallest absolute Gasteiger partial charge is 0.310 e. The van der Waals surface area contributed by atoms with Crippen LogP contribution in [0.4, 0.5) is 5.13 Å². The van der Waals surface area contributed by atoms with Crippen molar-refractivity contribution >= 4 is 28.3 Å². The Bertz CT molecular complexity index is 512. The van der Waals surface area contributed by atoms with E-state index in [2.05, 4.69) is 10.3 Å². The number of thiazole rings is 1. The predicted octanol–water partition coefficient (Wildman–Crippen LogP) is 3.24. The molecule has 0 saturated heterocycles. The topological polar surface area (TPSA) is 79.3 Å². The van der Waals surface area contributed by atoms with Crippen LogP contribution in [0.15, 0.2) is 0 Å². The van der Waals surface area contributed by atoms with E-state index in [9.17, 15) is 14.7 Å². The highest BCUT2D eigenvalue weighted by Crippen LogP contribution is 2.33. The number of carboxylic acids is 1. The highest BCUT2D eigenvalue weighted by Gasteiger charge is 2.37. The molecule has 1 aliphatic carbocycles. The molecule has 0 spiro atoms. The van der Waals surface area contributed by atoms with Gasteiger partial charge in [0.05, 0.1) is 11.1 Å². The summed E-state index contributed by atoms with van der Waals surface area (Å²) in [5, 5.41) is 12.8. The Balaban J connectivity index is 2.04. The molecule has 0 aliphatic heterocycles. The SMILES string of the molecule is CCC(CC)(CC(=O)Nc1nc2c(s1)CCCC2)C(=O)O. The van der Waals surface area contributed by atoms with E-state index in [0.717, 1.165) is 25.0 Å². The van der Waals surface area contributed by atoms with Gasteiger partial charge in [0.1, 0.15) is 0 Å². The van der Waals surface area contributed by atoms with Crippen LogP contribution >= 0.6 is 11.3 Å². The van der Waals surface area contributed by atoms with Gasteiger partial charge in [-0.3, -0.25) is 9.59 Å². The summed E-state index contributed by atoms with van der Waals surface area (Å²) in [6.07, 6.45) is 5.23. The molecule has 0 unspecified atom stereocenters. The van der Waals surface area contributed by atoms with E-state index < -0.39 is 11.4 Å². The number of nitrogens with one attached hydrogen (secondary N) is 1. The number of hydrogen-bond acceptors (Lipinski definition) is 4. The van der Waals surface area contributed by atoms with Crippen molar-refractivity contribution < 1.29 is 14.7 Å². The number of carbonyl (C=O) groups is 2. The average molecular weight is 310 g/mol. The van der Waals surface area contributed by atoms with Gasteiger partial charge in [-0.2, -0.15) is 0 Å². The summed E-state index contributed by atoms with van der Waals surface area (Å²) < 4.78 is 0. The Morgan fingerprint density at radius 1 is 1.29 bits per heavy atom. The maximum absolute atomic E-state index is 12.2. The van der Waals surface area contributed by atoms with E-state index in [1.807, 2.05) is 13.8 Å². The molecule has 2 rings (SSSR count). The minimum Gasteiger partial charge on any atom is -0.481 e. The van der Waals surface area contributed by atoms with Gasteiger partial charge in [-0.05, 0) is 38.5 Å². The highest BCUT2D eigenvalue weighted by atomic mass is 32.1. The monoisotopic (exact) mass is 310 g/mol. The van der Waals surface area contributed by atoms with Crippen molar-refractivity contribution in [2.24, 2.45) is 5.41 Å². The Morgan fingerprint density at radius 2 is 1.95 bits per heavy atom. The lowest BCUT2D eigenvalue weighted by Crippen LogP contribution is -2.34. The van der Waals surface area contributed by atoms with Gasteiger partial charge in [0.25, 0.3) is 0 Å². The predicted molar refractivity (Wildman–Crippen MR) is 82.7 cm³/mol. The first kappa shape index (κ1) is 15.9. The Labute approximate surface area is 128 Å². The molecule has 116 valence electrons. The zero-order valence-electron chi connectivity index (χ0n) is 12.6. The minimum absolute atomic E-state index is 0.000417. The summed E-state index contributed by atoms with van der Waals surface area (Å²) in [4.78, 5) is 29.3. The maximum Gasteiger partial charge on any atom is 0.310 e. The van der Waals surface area contributed by atoms with Crippen LogP contribution in [0.2, 0.25) is 0 Å². The summed E-state index contributed by atoms with van der Waals surface area (Å²) in [5.41, 5.74) is 0.123. The molecule has 21 heavy (non-hydrogen) atoms. The van der Waals surface area contributed by atoms with E-state index in [1.165, 1.54) is 22.6 Å². The zero-order chi connectivity index (χ0) is 15.5. The van der Waals surface area contributed by atoms with Crippen molar-refractivity contribution in [2.75, 3.05) is 5.32 Å². The van der Waals surface area contributed by atoms with Crippen LogP contribution in [0, 0.1) is 5.41 Å². The zero-order valence-corrected chi connectivity index (χ0v) is 13.4. The second-order valence-electron chi connectivity index (χ2n) is 5.61. The van der Waals surface area contributed by atoms with Gasteiger partial charge in [0.15, 0.2) is 5.13 Å². The van der Waals surface area contributed by atoms with Gasteiger partial charge in [0.2, 0.25) is 5.91 Å². The maximum atomic E-state index is 12.2. The van der Waals surface area contributed by atoms with Gasteiger partial charge in [-0.1, -0.05) is 13.8 Å². The van der Waals surface area contributed by atoms with E-state index in [4.69, 9.17) is 0 Å². The first-order chi connectivity index (χ1) is 10.0. The largest absolute Gasteiger partial charge is 0.481 e. The summed E-state index contributed by atoms with van der Waals surface area (Å²) in [6, 6.07) is 0. The van der Waals surface area contributed by atoms with Crippen molar-refractivity contribution in [3.63, 3.8) is 0 Å². The number of aromatic nitrogens is 1. The van der Waals surface area contributed by atoms with E-state index in [1.54, 1.807) is 0 Å². The number of aliphatic carboxylic acids is 1. The van der Waals surface area contributed by atoms with Crippen LogP contribution < -0.4 is 5.32 Å². The summed E-state index contributed by atoms with van der Waals surface area (Å²) in [6.45, 7) is 3.62. The van der Waals surface area contributed by atoms with Gasteiger partial charge in [-0.25, -0.2) is 4.98 Å². The molecule has 0 saturated carbocycles. The van der Waals surface area contributed by atoms with Gasteiger partial charge in [0, 0.05) is 11.3 Å². The van der Waals surface area contributed by atoms with E-state index in [-0.39, 0.29) is 12.3 Å². The molecule has 0 atom stereocenters. The van der Waals surface area contributed by atoms with Crippen LogP contribution in [-0.2, 0) is 22.4 Å². The van der Waals surface area contributed by atoms with Gasteiger partial charge in [-0.15, -0.1) is 11.3 Å². The Hall–Kier alpha value is -1.43. The van der Waals surface area contributed by atoms with Crippen LogP contribution in [0.5, 0.6) is 0 Å². The lowest BCUT2D eigenvalue weighted by Gasteiger charge is -2.25. The molecule has 1 aromatic rings. The molecule has 1 amide bonds. The number of anilines is 1. The molecule has 5 nitrogen and oxygen atoms in total. The third-order valence-corrected chi connectivity index (χ3v) is 5.47. The lowest BCUT2D eigenvalue weighted by molar-refractivity contribution is -0.151. The highest BCUT2D eigenvalue weighted by molar-refractivity contribution is 7.15. The number of carboxylic acid groups (broad SMARTS) is 1. The third kappa shape index (κ3) is 3.43. The molecular formula is C15H22N2O3S. The van der Waals surface area contributed by atoms with E-state index in [0.29, 0.717) is 18.0 Å².